The molecule has 122 valence electrons. The molecule has 0 radical (unpaired) electrons. The number of hydroxylamine groups is 2. The topological polar surface area (TPSA) is 124 Å². The minimum Gasteiger partial charge on any atom is -0.548 e. The molecule has 2 amide bonds. The number of hydrogen-bond acceptors (Lipinski definition) is 7. The number of nitrogens with zero attached hydrogens (tertiary/aromatic N) is 2. The van der Waals surface area contributed by atoms with Crippen LogP contribution in [0.3, 0.4) is 0 Å². The van der Waals surface area contributed by atoms with Gasteiger partial charge in [-0.3, -0.25) is 14.4 Å². The normalized spacial score (nSPS) is 31.3. The van der Waals surface area contributed by atoms with E-state index >= 15 is 0 Å². The molecule has 11 heteroatoms. The monoisotopic (exact) mass is 354 g/mol. The van der Waals surface area contributed by atoms with E-state index in [9.17, 15) is 27.9 Å². The van der Waals surface area contributed by atoms with Crippen molar-refractivity contribution in [1.29, 1.82) is 0 Å². The van der Waals surface area contributed by atoms with Crippen molar-refractivity contribution in [2.45, 2.75) is 29.5 Å². The number of aliphatic carboxylic acids is 1. The number of carboxylic acids is 1. The van der Waals surface area contributed by atoms with Gasteiger partial charge in [-0.2, -0.15) is 0 Å². The third-order valence-corrected chi connectivity index (χ3v) is 6.80. The summed E-state index contributed by atoms with van der Waals surface area (Å²) in [5.41, 5.74) is 0. The first kappa shape index (κ1) is 20.1. The third-order valence-electron chi connectivity index (χ3n) is 4.10. The molecule has 0 aliphatic carbocycles. The summed E-state index contributed by atoms with van der Waals surface area (Å²) in [7, 11) is -1.44. The van der Waals surface area contributed by atoms with Crippen molar-refractivity contribution in [2.24, 2.45) is 0 Å². The zero-order chi connectivity index (χ0) is 16.9. The molecular formula is C12H15N2NaO7S. The van der Waals surface area contributed by atoms with Crippen LogP contribution in [0.4, 0.5) is 0 Å². The molecule has 9 nitrogen and oxygen atoms in total. The Hall–Kier alpha value is -0.940. The number of carboxylic acid groups (broad SMARTS) is 1. The number of amides is 2. The molecule has 0 saturated carbocycles. The summed E-state index contributed by atoms with van der Waals surface area (Å²) in [6, 6.07) is -1.67. The van der Waals surface area contributed by atoms with Gasteiger partial charge < -0.3 is 14.8 Å². The molecule has 0 aromatic carbocycles. The van der Waals surface area contributed by atoms with Crippen LogP contribution in [0.25, 0.3) is 0 Å². The molecule has 0 aromatic rings. The predicted molar refractivity (Wildman–Crippen MR) is 70.3 cm³/mol. The summed E-state index contributed by atoms with van der Waals surface area (Å²) in [5, 5.41) is 11.0. The van der Waals surface area contributed by atoms with Gasteiger partial charge >= 0.3 is 29.6 Å². The van der Waals surface area contributed by atoms with E-state index in [1.807, 2.05) is 0 Å². The Morgan fingerprint density at radius 3 is 2.48 bits per heavy atom. The average molecular weight is 354 g/mol. The van der Waals surface area contributed by atoms with Crippen LogP contribution in [0, 0.1) is 0 Å². The van der Waals surface area contributed by atoms with E-state index in [0.717, 1.165) is 29.0 Å². The van der Waals surface area contributed by atoms with Gasteiger partial charge in [0.2, 0.25) is 5.91 Å². The fourth-order valence-corrected chi connectivity index (χ4v) is 4.93. The smallest absolute Gasteiger partial charge is 0.548 e. The van der Waals surface area contributed by atoms with E-state index < -0.39 is 43.8 Å². The fraction of sp³-hybridized carbons (Fsp3) is 0.583. The van der Waals surface area contributed by atoms with Gasteiger partial charge in [0, 0.05) is 13.1 Å². The maximum absolute atomic E-state index is 12.5. The van der Waals surface area contributed by atoms with Gasteiger partial charge in [0.1, 0.15) is 10.1 Å². The van der Waals surface area contributed by atoms with E-state index in [-0.39, 0.29) is 36.0 Å². The molecule has 0 N–H and O–H groups in total. The molecule has 2 rings (SSSR count). The molecule has 2 heterocycles. The minimum absolute atomic E-state index is 0. The summed E-state index contributed by atoms with van der Waals surface area (Å²) in [6.45, 7) is 1.16. The predicted octanol–water partition coefficient (Wildman–Crippen LogP) is -5.57. The van der Waals surface area contributed by atoms with Crippen molar-refractivity contribution in [3.63, 3.8) is 0 Å². The van der Waals surface area contributed by atoms with Crippen LogP contribution in [-0.2, 0) is 29.1 Å². The zero-order valence-corrected chi connectivity index (χ0v) is 16.0. The number of carbonyl (C=O) groups is 3. The van der Waals surface area contributed by atoms with Gasteiger partial charge in [-0.25, -0.2) is 13.5 Å². The molecule has 3 atom stereocenters. The van der Waals surface area contributed by atoms with Crippen molar-refractivity contribution in [3.8, 4) is 0 Å². The first-order valence-corrected chi connectivity index (χ1v) is 7.89. The fourth-order valence-electron chi connectivity index (χ4n) is 2.66. The molecule has 2 fully saturated rings. The Morgan fingerprint density at radius 1 is 1.48 bits per heavy atom. The Morgan fingerprint density at radius 2 is 2.04 bits per heavy atom. The van der Waals surface area contributed by atoms with Crippen molar-refractivity contribution < 1.29 is 62.3 Å². The van der Waals surface area contributed by atoms with E-state index in [1.165, 1.54) is 14.2 Å². The van der Waals surface area contributed by atoms with Crippen LogP contribution in [0.1, 0.15) is 13.3 Å². The van der Waals surface area contributed by atoms with Crippen LogP contribution in [-0.4, -0.2) is 66.5 Å². The maximum atomic E-state index is 12.5. The molecule has 2 saturated heterocycles. The van der Waals surface area contributed by atoms with Crippen molar-refractivity contribution in [3.05, 3.63) is 12.2 Å². The average Bonchev–Trinajstić information content (AvgIpc) is 2.58. The molecule has 2 aliphatic rings. The molecule has 0 aromatic heterocycles. The second kappa shape index (κ2) is 6.52. The number of carbonyl (C=O) groups excluding carboxylic acids is 3. The maximum Gasteiger partial charge on any atom is 1.00 e. The summed E-state index contributed by atoms with van der Waals surface area (Å²) in [4.78, 5) is 40.0. The molecular weight excluding hydrogens is 339 g/mol. The van der Waals surface area contributed by atoms with Crippen LogP contribution in [0.15, 0.2) is 12.2 Å². The van der Waals surface area contributed by atoms with Gasteiger partial charge in [0.25, 0.3) is 5.91 Å². The SMILES string of the molecule is CON(C)C(=O)/C=C/[C@@]1(C)[C@H](C(=O)[O-])N2C(=O)C[C@H]2S1(=O)=O.[Na+]. The second-order valence-electron chi connectivity index (χ2n) is 5.26. The van der Waals surface area contributed by atoms with Crippen molar-refractivity contribution >= 4 is 27.6 Å². The third kappa shape index (κ3) is 2.82. The van der Waals surface area contributed by atoms with Gasteiger partial charge in [-0.05, 0) is 6.92 Å². The number of likely N-dealkylation sites (N-methyl/N-ethyl adjacent to an activating group) is 1. The Bertz CT molecular complexity index is 677. The Balaban J connectivity index is 0.00000264. The summed E-state index contributed by atoms with van der Waals surface area (Å²) in [5.74, 6) is -2.92. The summed E-state index contributed by atoms with van der Waals surface area (Å²) in [6.07, 6.45) is 1.63. The van der Waals surface area contributed by atoms with E-state index in [4.69, 9.17) is 0 Å². The van der Waals surface area contributed by atoms with Crippen LogP contribution >= 0.6 is 0 Å². The number of β-lactam (4-membered cyclic amide) rings is 1. The van der Waals surface area contributed by atoms with Gasteiger partial charge in [-0.15, -0.1) is 0 Å². The Labute approximate surface area is 155 Å². The van der Waals surface area contributed by atoms with Gasteiger partial charge in [0.15, 0.2) is 9.84 Å². The van der Waals surface area contributed by atoms with Gasteiger partial charge in [-0.1, -0.05) is 6.08 Å². The number of hydrogen-bond donors (Lipinski definition) is 0. The van der Waals surface area contributed by atoms with Crippen molar-refractivity contribution in [1.82, 2.24) is 9.96 Å². The number of fused-ring (bicyclic) bond motifs is 1. The number of sulfone groups is 1. The molecule has 2 aliphatic heterocycles. The largest absolute Gasteiger partial charge is 1.00 e. The second-order valence-corrected chi connectivity index (χ2v) is 7.78. The first-order chi connectivity index (χ1) is 10.1. The van der Waals surface area contributed by atoms with Crippen molar-refractivity contribution in [2.75, 3.05) is 14.2 Å². The van der Waals surface area contributed by atoms with Gasteiger partial charge in [0.05, 0.1) is 25.5 Å². The van der Waals surface area contributed by atoms with E-state index in [2.05, 4.69) is 4.84 Å². The van der Waals surface area contributed by atoms with E-state index in [0.29, 0.717) is 0 Å². The van der Waals surface area contributed by atoms with E-state index in [1.54, 1.807) is 0 Å². The minimum atomic E-state index is -4.00. The summed E-state index contributed by atoms with van der Waals surface area (Å²) >= 11 is 0. The van der Waals surface area contributed by atoms with Crippen LogP contribution in [0.5, 0.6) is 0 Å². The zero-order valence-electron chi connectivity index (χ0n) is 13.2. The molecule has 23 heavy (non-hydrogen) atoms. The number of rotatable bonds is 4. The molecule has 0 spiro atoms. The van der Waals surface area contributed by atoms with Crippen LogP contribution in [0.2, 0.25) is 0 Å². The molecule has 0 unspecified atom stereocenters. The first-order valence-electron chi connectivity index (χ1n) is 6.34. The Kier molecular flexibility index (Phi) is 5.70. The van der Waals surface area contributed by atoms with Crippen LogP contribution < -0.4 is 34.7 Å². The standard InChI is InChI=1S/C12H16N2O7S.Na/c1-12(5-4-7(15)13(2)21-3)10(11(17)18)14-8(16)6-9(14)22(12,19)20;/h4-5,9-10H,6H2,1-3H3,(H,17,18);/q;+1/p-1/b5-4+;/t9-,10+,12+;/m1./s1. The molecule has 0 bridgehead atoms. The quantitative estimate of drug-likeness (QED) is 0.213. The summed E-state index contributed by atoms with van der Waals surface area (Å²) < 4.78 is 23.1.